The number of ether oxygens (including phenoxy) is 2. The van der Waals surface area contributed by atoms with Gasteiger partial charge in [-0.3, -0.25) is 0 Å². The van der Waals surface area contributed by atoms with E-state index in [0.29, 0.717) is 0 Å². The van der Waals surface area contributed by atoms with Crippen molar-refractivity contribution in [1.29, 1.82) is 0 Å². The highest BCUT2D eigenvalue weighted by molar-refractivity contribution is 5.46. The first-order chi connectivity index (χ1) is 9.83. The van der Waals surface area contributed by atoms with Gasteiger partial charge in [0.15, 0.2) is 11.5 Å². The van der Waals surface area contributed by atoms with Crippen LogP contribution in [0, 0.1) is 0 Å². The number of hydrogen-bond acceptors (Lipinski definition) is 3. The van der Waals surface area contributed by atoms with Gasteiger partial charge in [-0.1, -0.05) is 51.2 Å². The Kier molecular flexibility index (Phi) is 8.88. The van der Waals surface area contributed by atoms with Crippen LogP contribution in [0.25, 0.3) is 0 Å². The number of para-hydroxylation sites is 1. The molecule has 3 nitrogen and oxygen atoms in total. The molecule has 0 radical (unpaired) electrons. The molecule has 0 spiro atoms. The molecular formula is C17H29NO2. The lowest BCUT2D eigenvalue weighted by Gasteiger charge is -2.13. The van der Waals surface area contributed by atoms with Gasteiger partial charge in [-0.25, -0.2) is 0 Å². The van der Waals surface area contributed by atoms with Gasteiger partial charge in [-0.2, -0.15) is 0 Å². The van der Waals surface area contributed by atoms with Crippen LogP contribution in [0.4, 0.5) is 0 Å². The molecule has 0 aliphatic rings. The topological polar surface area (TPSA) is 30.5 Å². The normalized spacial score (nSPS) is 10.6. The Morgan fingerprint density at radius 2 is 1.70 bits per heavy atom. The Labute approximate surface area is 123 Å². The Balaban J connectivity index is 2.25. The van der Waals surface area contributed by atoms with Crippen molar-refractivity contribution < 1.29 is 9.47 Å². The second-order valence-corrected chi connectivity index (χ2v) is 5.10. The van der Waals surface area contributed by atoms with Crippen LogP contribution in [0.2, 0.25) is 0 Å². The smallest absolute Gasteiger partial charge is 0.165 e. The zero-order valence-corrected chi connectivity index (χ0v) is 13.2. The molecule has 1 rings (SSSR count). The van der Waals surface area contributed by atoms with E-state index < -0.39 is 0 Å². The molecule has 20 heavy (non-hydrogen) atoms. The molecule has 1 aromatic carbocycles. The minimum Gasteiger partial charge on any atom is -0.493 e. The number of hydrogen-bond donors (Lipinski definition) is 1. The third-order valence-electron chi connectivity index (χ3n) is 3.51. The maximum absolute atomic E-state index is 5.42. The molecule has 1 aromatic rings. The SMILES string of the molecule is CCCCCCCCNCc1cccc(OC)c1OC. The molecule has 0 unspecified atom stereocenters. The van der Waals surface area contributed by atoms with E-state index in [2.05, 4.69) is 18.3 Å². The maximum Gasteiger partial charge on any atom is 0.165 e. The van der Waals surface area contributed by atoms with Crippen LogP contribution in [0.15, 0.2) is 18.2 Å². The summed E-state index contributed by atoms with van der Waals surface area (Å²) in [6, 6.07) is 6.01. The van der Waals surface area contributed by atoms with Gasteiger partial charge in [0.2, 0.25) is 0 Å². The highest BCUT2D eigenvalue weighted by atomic mass is 16.5. The van der Waals surface area contributed by atoms with Crippen molar-refractivity contribution in [2.24, 2.45) is 0 Å². The molecule has 0 aliphatic heterocycles. The summed E-state index contributed by atoms with van der Waals surface area (Å²) in [5, 5.41) is 3.48. The molecule has 0 amide bonds. The van der Waals surface area contributed by atoms with Crippen molar-refractivity contribution in [2.45, 2.75) is 52.0 Å². The summed E-state index contributed by atoms with van der Waals surface area (Å²) in [4.78, 5) is 0. The van der Waals surface area contributed by atoms with Gasteiger partial charge < -0.3 is 14.8 Å². The molecule has 0 heterocycles. The van der Waals surface area contributed by atoms with Crippen molar-refractivity contribution in [3.63, 3.8) is 0 Å². The van der Waals surface area contributed by atoms with E-state index >= 15 is 0 Å². The van der Waals surface area contributed by atoms with Crippen LogP contribution in [0.3, 0.4) is 0 Å². The quantitative estimate of drug-likeness (QED) is 0.617. The van der Waals surface area contributed by atoms with Crippen LogP contribution >= 0.6 is 0 Å². The Morgan fingerprint density at radius 1 is 0.950 bits per heavy atom. The first-order valence-electron chi connectivity index (χ1n) is 7.74. The predicted molar refractivity (Wildman–Crippen MR) is 84.6 cm³/mol. The minimum absolute atomic E-state index is 0.798. The van der Waals surface area contributed by atoms with Crippen molar-refractivity contribution in [1.82, 2.24) is 5.32 Å². The zero-order chi connectivity index (χ0) is 14.6. The van der Waals surface area contributed by atoms with Crippen molar-refractivity contribution in [3.05, 3.63) is 23.8 Å². The van der Waals surface area contributed by atoms with E-state index in [9.17, 15) is 0 Å². The molecule has 3 heteroatoms. The van der Waals surface area contributed by atoms with Crippen molar-refractivity contribution in [2.75, 3.05) is 20.8 Å². The molecule has 1 N–H and O–H groups in total. The van der Waals surface area contributed by atoms with Gasteiger partial charge in [0.05, 0.1) is 14.2 Å². The third-order valence-corrected chi connectivity index (χ3v) is 3.51. The highest BCUT2D eigenvalue weighted by Crippen LogP contribution is 2.30. The Hall–Kier alpha value is -1.22. The second kappa shape index (κ2) is 10.6. The van der Waals surface area contributed by atoms with Gasteiger partial charge in [0.25, 0.3) is 0 Å². The molecular weight excluding hydrogens is 250 g/mol. The molecule has 0 aliphatic carbocycles. The van der Waals surface area contributed by atoms with Crippen LogP contribution < -0.4 is 14.8 Å². The fourth-order valence-electron chi connectivity index (χ4n) is 2.35. The average molecular weight is 279 g/mol. The van der Waals surface area contributed by atoms with Crippen LogP contribution in [0.5, 0.6) is 11.5 Å². The third kappa shape index (κ3) is 5.83. The molecule has 0 aromatic heterocycles. The van der Waals surface area contributed by atoms with Gasteiger partial charge in [0, 0.05) is 12.1 Å². The monoisotopic (exact) mass is 279 g/mol. The van der Waals surface area contributed by atoms with E-state index in [1.807, 2.05) is 12.1 Å². The minimum atomic E-state index is 0.798. The van der Waals surface area contributed by atoms with Gasteiger partial charge in [0.1, 0.15) is 0 Å². The zero-order valence-electron chi connectivity index (χ0n) is 13.2. The van der Waals surface area contributed by atoms with Crippen LogP contribution in [-0.2, 0) is 6.54 Å². The lowest BCUT2D eigenvalue weighted by Crippen LogP contribution is -2.15. The largest absolute Gasteiger partial charge is 0.493 e. The number of rotatable bonds is 11. The number of nitrogens with one attached hydrogen (secondary N) is 1. The highest BCUT2D eigenvalue weighted by Gasteiger charge is 2.08. The first kappa shape index (κ1) is 16.8. The molecule has 114 valence electrons. The lowest BCUT2D eigenvalue weighted by atomic mass is 10.1. The van der Waals surface area contributed by atoms with Crippen molar-refractivity contribution in [3.8, 4) is 11.5 Å². The summed E-state index contributed by atoms with van der Waals surface area (Å²) in [6.07, 6.45) is 7.98. The maximum atomic E-state index is 5.42. The molecule has 0 saturated heterocycles. The Morgan fingerprint density at radius 3 is 2.40 bits per heavy atom. The van der Waals surface area contributed by atoms with E-state index in [-0.39, 0.29) is 0 Å². The first-order valence-corrected chi connectivity index (χ1v) is 7.74. The molecule has 0 fully saturated rings. The van der Waals surface area contributed by atoms with Gasteiger partial charge in [-0.05, 0) is 19.0 Å². The van der Waals surface area contributed by atoms with E-state index in [4.69, 9.17) is 9.47 Å². The molecule has 0 atom stereocenters. The van der Waals surface area contributed by atoms with Crippen LogP contribution in [0.1, 0.15) is 51.0 Å². The fourth-order valence-corrected chi connectivity index (χ4v) is 2.35. The second-order valence-electron chi connectivity index (χ2n) is 5.10. The fraction of sp³-hybridized carbons (Fsp3) is 0.647. The number of benzene rings is 1. The molecule has 0 bridgehead atoms. The van der Waals surface area contributed by atoms with Gasteiger partial charge >= 0.3 is 0 Å². The average Bonchev–Trinajstić information content (AvgIpc) is 2.49. The summed E-state index contributed by atoms with van der Waals surface area (Å²) in [5.41, 5.74) is 1.15. The predicted octanol–water partition coefficient (Wildman–Crippen LogP) is 4.15. The van der Waals surface area contributed by atoms with E-state index in [1.54, 1.807) is 14.2 Å². The summed E-state index contributed by atoms with van der Waals surface area (Å²) in [5.74, 6) is 1.64. The number of methoxy groups -OCH3 is 2. The standard InChI is InChI=1S/C17H29NO2/c1-4-5-6-7-8-9-13-18-14-15-11-10-12-16(19-2)17(15)20-3/h10-12,18H,4-9,13-14H2,1-3H3. The van der Waals surface area contributed by atoms with Crippen molar-refractivity contribution >= 4 is 0 Å². The number of unbranched alkanes of at least 4 members (excludes halogenated alkanes) is 5. The van der Waals surface area contributed by atoms with E-state index in [1.165, 1.54) is 38.5 Å². The Bertz CT molecular complexity index is 366. The molecule has 0 saturated carbocycles. The lowest BCUT2D eigenvalue weighted by molar-refractivity contribution is 0.350. The summed E-state index contributed by atoms with van der Waals surface area (Å²) < 4.78 is 10.7. The summed E-state index contributed by atoms with van der Waals surface area (Å²) >= 11 is 0. The van der Waals surface area contributed by atoms with E-state index in [0.717, 1.165) is 30.2 Å². The summed E-state index contributed by atoms with van der Waals surface area (Å²) in [7, 11) is 3.36. The van der Waals surface area contributed by atoms with Crippen LogP contribution in [-0.4, -0.2) is 20.8 Å². The van der Waals surface area contributed by atoms with Gasteiger partial charge in [-0.15, -0.1) is 0 Å². The summed E-state index contributed by atoms with van der Waals surface area (Å²) in [6.45, 7) is 4.14.